The van der Waals surface area contributed by atoms with Crippen LogP contribution in [-0.4, -0.2) is 37.0 Å². The van der Waals surface area contributed by atoms with Gasteiger partial charge < -0.3 is 15.3 Å². The summed E-state index contributed by atoms with van der Waals surface area (Å²) in [5.74, 6) is -6.38. The van der Waals surface area contributed by atoms with Crippen molar-refractivity contribution >= 4 is 17.0 Å². The standard InChI is InChI=1S/C21H17F4N3O2/c1-27-28-20-12(21(29)30-2)8-11(9-13(20)26)15-18(24)16(22)14(17(23)19(15)25)10-6-4-3-5-7-10/h3-9,21,26-27,29H,1-2H3/b26-13?,28-20-. The first-order valence-electron chi connectivity index (χ1n) is 8.71. The third kappa shape index (κ3) is 3.64. The van der Waals surface area contributed by atoms with Crippen LogP contribution in [0.4, 0.5) is 17.6 Å². The fraction of sp³-hybridized carbons (Fsp3) is 0.143. The van der Waals surface area contributed by atoms with Crippen molar-refractivity contribution < 1.29 is 27.4 Å². The lowest BCUT2D eigenvalue weighted by molar-refractivity contribution is -0.0402. The van der Waals surface area contributed by atoms with Crippen LogP contribution in [0.25, 0.3) is 16.7 Å². The maximum absolute atomic E-state index is 14.9. The van der Waals surface area contributed by atoms with Gasteiger partial charge in [0.1, 0.15) is 5.71 Å². The number of hydrogen-bond donors (Lipinski definition) is 3. The maximum atomic E-state index is 14.9. The number of halogens is 4. The second-order valence-corrected chi connectivity index (χ2v) is 6.26. The van der Waals surface area contributed by atoms with E-state index in [4.69, 9.17) is 10.1 Å². The second kappa shape index (κ2) is 8.60. The van der Waals surface area contributed by atoms with Gasteiger partial charge in [0.2, 0.25) is 0 Å². The van der Waals surface area contributed by atoms with E-state index in [2.05, 4.69) is 10.5 Å². The molecule has 0 amide bonds. The number of hydrogen-bond acceptors (Lipinski definition) is 5. The molecule has 0 bridgehead atoms. The highest BCUT2D eigenvalue weighted by Crippen LogP contribution is 2.36. The second-order valence-electron chi connectivity index (χ2n) is 6.26. The van der Waals surface area contributed by atoms with E-state index in [1.807, 2.05) is 0 Å². The molecule has 1 unspecified atom stereocenters. The molecule has 0 aromatic heterocycles. The molecular formula is C21H17F4N3O2. The highest BCUT2D eigenvalue weighted by atomic mass is 19.2. The van der Waals surface area contributed by atoms with Gasteiger partial charge >= 0.3 is 0 Å². The summed E-state index contributed by atoms with van der Waals surface area (Å²) >= 11 is 0. The highest BCUT2D eigenvalue weighted by molar-refractivity contribution is 6.53. The molecule has 0 fully saturated rings. The van der Waals surface area contributed by atoms with E-state index in [1.54, 1.807) is 6.07 Å². The molecule has 1 atom stereocenters. The number of rotatable bonds is 5. The van der Waals surface area contributed by atoms with Gasteiger partial charge in [-0.15, -0.1) is 0 Å². The number of allylic oxidation sites excluding steroid dienone is 3. The van der Waals surface area contributed by atoms with Crippen molar-refractivity contribution in [3.05, 3.63) is 76.9 Å². The van der Waals surface area contributed by atoms with Crippen LogP contribution >= 0.6 is 0 Å². The summed E-state index contributed by atoms with van der Waals surface area (Å²) in [6, 6.07) is 7.20. The van der Waals surface area contributed by atoms with Crippen LogP contribution in [0.2, 0.25) is 0 Å². The molecule has 3 N–H and O–H groups in total. The molecule has 0 aliphatic heterocycles. The Labute approximate surface area is 169 Å². The van der Waals surface area contributed by atoms with Crippen LogP contribution in [0.3, 0.4) is 0 Å². The molecule has 156 valence electrons. The van der Waals surface area contributed by atoms with Crippen molar-refractivity contribution in [2.75, 3.05) is 14.2 Å². The Morgan fingerprint density at radius 2 is 1.53 bits per heavy atom. The lowest BCUT2D eigenvalue weighted by Gasteiger charge is -2.21. The van der Waals surface area contributed by atoms with E-state index in [1.165, 1.54) is 38.4 Å². The van der Waals surface area contributed by atoms with Crippen molar-refractivity contribution in [2.24, 2.45) is 5.10 Å². The molecule has 0 saturated heterocycles. The van der Waals surface area contributed by atoms with Crippen LogP contribution < -0.4 is 5.43 Å². The number of benzene rings is 2. The Bertz CT molecular complexity index is 1070. The number of aliphatic hydroxyl groups is 1. The average Bonchev–Trinajstić information content (AvgIpc) is 2.74. The topological polar surface area (TPSA) is 77.7 Å². The summed E-state index contributed by atoms with van der Waals surface area (Å²) in [7, 11) is 2.61. The first-order chi connectivity index (χ1) is 14.3. The summed E-state index contributed by atoms with van der Waals surface area (Å²) in [6.07, 6.45) is 0.459. The maximum Gasteiger partial charge on any atom is 0.183 e. The zero-order valence-electron chi connectivity index (χ0n) is 15.9. The van der Waals surface area contributed by atoms with Crippen molar-refractivity contribution in [3.63, 3.8) is 0 Å². The number of nitrogens with one attached hydrogen (secondary N) is 2. The first-order valence-corrected chi connectivity index (χ1v) is 8.71. The van der Waals surface area contributed by atoms with Gasteiger partial charge in [0.05, 0.1) is 16.8 Å². The molecule has 0 radical (unpaired) electrons. The number of ether oxygens (including phenoxy) is 1. The number of methoxy groups -OCH3 is 1. The molecule has 0 spiro atoms. The minimum atomic E-state index is -1.62. The van der Waals surface area contributed by atoms with Gasteiger partial charge in [0, 0.05) is 19.7 Å². The van der Waals surface area contributed by atoms with Crippen LogP contribution in [0.15, 0.2) is 53.2 Å². The van der Waals surface area contributed by atoms with Crippen molar-refractivity contribution in [3.8, 4) is 11.1 Å². The third-order valence-electron chi connectivity index (χ3n) is 4.47. The SMILES string of the molecule is CN/N=C1\C(=N)C=C(c2c(F)c(F)c(-c3ccccc3)c(F)c2F)C=C1C(O)OC. The molecule has 1 aliphatic rings. The average molecular weight is 419 g/mol. The summed E-state index contributed by atoms with van der Waals surface area (Å²) in [5.41, 5.74) is -0.294. The molecule has 2 aromatic carbocycles. The molecule has 0 heterocycles. The summed E-state index contributed by atoms with van der Waals surface area (Å²) in [4.78, 5) is 0. The third-order valence-corrected chi connectivity index (χ3v) is 4.47. The molecule has 5 nitrogen and oxygen atoms in total. The fourth-order valence-corrected chi connectivity index (χ4v) is 3.10. The highest BCUT2D eigenvalue weighted by Gasteiger charge is 2.31. The van der Waals surface area contributed by atoms with Crippen molar-refractivity contribution in [2.45, 2.75) is 6.29 Å². The van der Waals surface area contributed by atoms with Crippen LogP contribution in [0.1, 0.15) is 5.56 Å². The van der Waals surface area contributed by atoms with E-state index in [9.17, 15) is 22.7 Å². The Hall–Kier alpha value is -3.30. The smallest absolute Gasteiger partial charge is 0.183 e. The van der Waals surface area contributed by atoms with Crippen LogP contribution in [0, 0.1) is 28.7 Å². The Morgan fingerprint density at radius 3 is 2.07 bits per heavy atom. The van der Waals surface area contributed by atoms with Gasteiger partial charge in [0.15, 0.2) is 29.6 Å². The normalized spacial score (nSPS) is 16.4. The minimum absolute atomic E-state index is 0.0308. The van der Waals surface area contributed by atoms with Crippen LogP contribution in [0.5, 0.6) is 0 Å². The molecule has 2 aromatic rings. The van der Waals surface area contributed by atoms with E-state index in [-0.39, 0.29) is 28.1 Å². The predicted molar refractivity (Wildman–Crippen MR) is 105 cm³/mol. The van der Waals surface area contributed by atoms with Crippen molar-refractivity contribution in [1.82, 2.24) is 5.43 Å². The van der Waals surface area contributed by atoms with Crippen molar-refractivity contribution in [1.29, 1.82) is 5.41 Å². The first kappa shape index (κ1) is 21.4. The Morgan fingerprint density at radius 1 is 0.967 bits per heavy atom. The van der Waals surface area contributed by atoms with Gasteiger partial charge in [-0.05, 0) is 23.3 Å². The largest absolute Gasteiger partial charge is 0.364 e. The van der Waals surface area contributed by atoms with Gasteiger partial charge in [-0.25, -0.2) is 17.6 Å². The van der Waals surface area contributed by atoms with Gasteiger partial charge in [-0.3, -0.25) is 5.41 Å². The van der Waals surface area contributed by atoms with Crippen LogP contribution in [-0.2, 0) is 4.74 Å². The molecule has 1 aliphatic carbocycles. The lowest BCUT2D eigenvalue weighted by Crippen LogP contribution is -2.29. The van der Waals surface area contributed by atoms with E-state index in [0.717, 1.165) is 12.2 Å². The number of aliphatic hydroxyl groups excluding tert-OH is 1. The number of nitrogens with zero attached hydrogens (tertiary/aromatic N) is 1. The molecule has 30 heavy (non-hydrogen) atoms. The molecule has 9 heteroatoms. The zero-order valence-corrected chi connectivity index (χ0v) is 15.9. The predicted octanol–water partition coefficient (Wildman–Crippen LogP) is 3.79. The van der Waals surface area contributed by atoms with Gasteiger partial charge in [-0.2, -0.15) is 5.10 Å². The van der Waals surface area contributed by atoms with E-state index in [0.29, 0.717) is 0 Å². The number of hydrazone groups is 1. The fourth-order valence-electron chi connectivity index (χ4n) is 3.10. The lowest BCUT2D eigenvalue weighted by atomic mass is 9.89. The zero-order chi connectivity index (χ0) is 22.0. The minimum Gasteiger partial charge on any atom is -0.364 e. The quantitative estimate of drug-likeness (QED) is 0.227. The summed E-state index contributed by atoms with van der Waals surface area (Å²) in [5, 5.41) is 21.9. The van der Waals surface area contributed by atoms with E-state index < -0.39 is 40.7 Å². The Balaban J connectivity index is 2.24. The molecular weight excluding hydrogens is 402 g/mol. The summed E-state index contributed by atoms with van der Waals surface area (Å²) in [6.45, 7) is 0. The van der Waals surface area contributed by atoms with Gasteiger partial charge in [-0.1, -0.05) is 30.3 Å². The molecule has 0 saturated carbocycles. The van der Waals surface area contributed by atoms with E-state index >= 15 is 0 Å². The van der Waals surface area contributed by atoms with Gasteiger partial charge in [0.25, 0.3) is 0 Å². The molecule has 3 rings (SSSR count). The Kier molecular flexibility index (Phi) is 6.14. The monoisotopic (exact) mass is 419 g/mol. The summed E-state index contributed by atoms with van der Waals surface area (Å²) < 4.78 is 64.1.